The molecular weight excluding hydrogens is 741 g/mol. The lowest BCUT2D eigenvalue weighted by atomic mass is 9.92. The zero-order valence-electron chi connectivity index (χ0n) is 34.4. The van der Waals surface area contributed by atoms with Crippen molar-refractivity contribution in [2.24, 2.45) is 0 Å². The standard InChI is InChI=1S/C44H58N6O4S2/c1-45(23-13-27-49(3,4)5)37-21-19-35-39-31(37)15-11-17-33(39)41(51)47(43(35)53)25-9-10-29-55-56-30-26-48-42(52)34-18-12-16-32-38(22-20-36(40(32)34)44(48)54)46(2)24-14-28-50(6,7)8/h11-12,15-22H,9-10,13-14,23-30H2,1-8H3/q+2. The van der Waals surface area contributed by atoms with Crippen molar-refractivity contribution in [2.75, 3.05) is 117 Å². The molecule has 2 heterocycles. The molecule has 2 aliphatic heterocycles. The molecule has 0 fully saturated rings. The van der Waals surface area contributed by atoms with Gasteiger partial charge in [0.25, 0.3) is 23.6 Å². The average Bonchev–Trinajstić information content (AvgIpc) is 3.14. The van der Waals surface area contributed by atoms with E-state index >= 15 is 0 Å². The van der Waals surface area contributed by atoms with Crippen LogP contribution in [0.3, 0.4) is 0 Å². The molecule has 0 unspecified atom stereocenters. The molecule has 0 saturated carbocycles. The van der Waals surface area contributed by atoms with Crippen molar-refractivity contribution in [3.8, 4) is 0 Å². The minimum absolute atomic E-state index is 0.230. The maximum absolute atomic E-state index is 13.7. The predicted molar refractivity (Wildman–Crippen MR) is 234 cm³/mol. The van der Waals surface area contributed by atoms with Crippen LogP contribution in [0.4, 0.5) is 11.4 Å². The number of hydrogen-bond acceptors (Lipinski definition) is 8. The first-order valence-corrected chi connectivity index (χ1v) is 22.2. The first-order chi connectivity index (χ1) is 26.6. The van der Waals surface area contributed by atoms with Gasteiger partial charge in [-0.15, -0.1) is 0 Å². The van der Waals surface area contributed by atoms with E-state index in [4.69, 9.17) is 0 Å². The van der Waals surface area contributed by atoms with Crippen molar-refractivity contribution in [1.82, 2.24) is 9.80 Å². The topological polar surface area (TPSA) is 81.2 Å². The summed E-state index contributed by atoms with van der Waals surface area (Å²) in [5.41, 5.74) is 4.40. The molecule has 0 saturated heterocycles. The summed E-state index contributed by atoms with van der Waals surface area (Å²) in [7, 11) is 20.6. The molecule has 4 aromatic rings. The normalized spacial score (nSPS) is 14.4. The largest absolute Gasteiger partial charge is 0.374 e. The molecule has 6 rings (SSSR count). The molecule has 0 aliphatic carbocycles. The van der Waals surface area contributed by atoms with Gasteiger partial charge in [0.1, 0.15) is 0 Å². The number of nitrogens with zero attached hydrogens (tertiary/aromatic N) is 6. The van der Waals surface area contributed by atoms with Gasteiger partial charge in [-0.2, -0.15) is 0 Å². The van der Waals surface area contributed by atoms with E-state index in [1.807, 2.05) is 60.7 Å². The van der Waals surface area contributed by atoms with Crippen LogP contribution in [-0.2, 0) is 0 Å². The highest BCUT2D eigenvalue weighted by atomic mass is 33.1. The number of quaternary nitrogens is 2. The molecule has 298 valence electrons. The van der Waals surface area contributed by atoms with Crippen LogP contribution in [0.2, 0.25) is 0 Å². The summed E-state index contributed by atoms with van der Waals surface area (Å²) in [5.74, 6) is 0.494. The van der Waals surface area contributed by atoms with E-state index in [1.54, 1.807) is 21.6 Å². The van der Waals surface area contributed by atoms with Gasteiger partial charge in [0.2, 0.25) is 0 Å². The van der Waals surface area contributed by atoms with Crippen LogP contribution in [0.5, 0.6) is 0 Å². The Morgan fingerprint density at radius 1 is 0.500 bits per heavy atom. The van der Waals surface area contributed by atoms with E-state index in [0.717, 1.165) is 93.1 Å². The molecule has 0 spiro atoms. The first-order valence-electron chi connectivity index (χ1n) is 19.7. The number of unbranched alkanes of at least 4 members (excludes halogenated alkanes) is 1. The molecule has 4 amide bonds. The lowest BCUT2D eigenvalue weighted by Crippen LogP contribution is -2.41. The van der Waals surface area contributed by atoms with Crippen LogP contribution < -0.4 is 9.80 Å². The molecule has 0 N–H and O–H groups in total. The summed E-state index contributed by atoms with van der Waals surface area (Å²) in [6.45, 7) is 4.57. The Morgan fingerprint density at radius 2 is 0.911 bits per heavy atom. The summed E-state index contributed by atoms with van der Waals surface area (Å²) in [4.78, 5) is 61.8. The van der Waals surface area contributed by atoms with Gasteiger partial charge in [0.05, 0.1) is 55.4 Å². The van der Waals surface area contributed by atoms with Crippen LogP contribution in [0.25, 0.3) is 21.5 Å². The molecule has 10 nitrogen and oxygen atoms in total. The first kappa shape index (κ1) is 41.5. The van der Waals surface area contributed by atoms with Crippen LogP contribution in [0, 0.1) is 0 Å². The Kier molecular flexibility index (Phi) is 12.7. The summed E-state index contributed by atoms with van der Waals surface area (Å²) in [5, 5.41) is 3.39. The zero-order valence-corrected chi connectivity index (χ0v) is 36.0. The van der Waals surface area contributed by atoms with Gasteiger partial charge >= 0.3 is 0 Å². The highest BCUT2D eigenvalue weighted by Gasteiger charge is 2.35. The number of benzene rings is 4. The molecule has 0 bridgehead atoms. The zero-order chi connectivity index (χ0) is 40.4. The van der Waals surface area contributed by atoms with E-state index in [-0.39, 0.29) is 23.6 Å². The summed E-state index contributed by atoms with van der Waals surface area (Å²) >= 11 is 0. The third-order valence-electron chi connectivity index (χ3n) is 10.7. The highest BCUT2D eigenvalue weighted by Crippen LogP contribution is 2.38. The Bertz CT molecular complexity index is 1950. The molecule has 0 aromatic heterocycles. The fourth-order valence-electron chi connectivity index (χ4n) is 7.82. The number of carbonyl (C=O) groups excluding carboxylic acids is 4. The van der Waals surface area contributed by atoms with Crippen molar-refractivity contribution < 1.29 is 28.1 Å². The van der Waals surface area contributed by atoms with E-state index < -0.39 is 0 Å². The summed E-state index contributed by atoms with van der Waals surface area (Å²) < 4.78 is 1.81. The second kappa shape index (κ2) is 17.2. The Hall–Kier alpha value is -4.10. The minimum Gasteiger partial charge on any atom is -0.374 e. The van der Waals surface area contributed by atoms with Gasteiger partial charge in [0.15, 0.2) is 0 Å². The predicted octanol–water partition coefficient (Wildman–Crippen LogP) is 7.11. The second-order valence-electron chi connectivity index (χ2n) is 17.2. The SMILES string of the molecule is CN(CCC[N+](C)(C)C)c1ccc2c3c(cccc13)C(=O)N(CCCCSSCCN1C(=O)c3cccc4c(N(C)CCC[N+](C)(C)C)ccc(c34)C1=O)C2=O. The van der Waals surface area contributed by atoms with E-state index in [0.29, 0.717) is 47.5 Å². The van der Waals surface area contributed by atoms with Gasteiger partial charge in [0, 0.05) is 120 Å². The van der Waals surface area contributed by atoms with Gasteiger partial charge in [-0.3, -0.25) is 29.0 Å². The van der Waals surface area contributed by atoms with Crippen molar-refractivity contribution in [2.45, 2.75) is 25.7 Å². The van der Waals surface area contributed by atoms with Crippen molar-refractivity contribution in [1.29, 1.82) is 0 Å². The number of carbonyl (C=O) groups is 4. The van der Waals surface area contributed by atoms with E-state index in [9.17, 15) is 19.2 Å². The van der Waals surface area contributed by atoms with Crippen LogP contribution >= 0.6 is 21.6 Å². The minimum atomic E-state index is -0.240. The van der Waals surface area contributed by atoms with Gasteiger partial charge < -0.3 is 18.8 Å². The quantitative estimate of drug-likeness (QED) is 0.0430. The highest BCUT2D eigenvalue weighted by molar-refractivity contribution is 8.76. The Morgan fingerprint density at radius 3 is 1.36 bits per heavy atom. The fraction of sp³-hybridized carbons (Fsp3) is 0.455. The van der Waals surface area contributed by atoms with Gasteiger partial charge in [-0.1, -0.05) is 45.9 Å². The molecule has 12 heteroatoms. The van der Waals surface area contributed by atoms with Crippen LogP contribution in [0.15, 0.2) is 60.7 Å². The lowest BCUT2D eigenvalue weighted by Gasteiger charge is -2.30. The monoisotopic (exact) mass is 798 g/mol. The van der Waals surface area contributed by atoms with Gasteiger partial charge in [-0.25, -0.2) is 0 Å². The van der Waals surface area contributed by atoms with Crippen LogP contribution in [0.1, 0.15) is 67.1 Å². The van der Waals surface area contributed by atoms with Gasteiger partial charge in [-0.05, 0) is 49.2 Å². The maximum atomic E-state index is 13.7. The Labute approximate surface area is 340 Å². The molecule has 56 heavy (non-hydrogen) atoms. The maximum Gasteiger partial charge on any atom is 0.261 e. The molecule has 2 aliphatic rings. The third-order valence-corrected chi connectivity index (χ3v) is 13.2. The Balaban J connectivity index is 0.980. The van der Waals surface area contributed by atoms with Crippen molar-refractivity contribution in [3.63, 3.8) is 0 Å². The number of anilines is 2. The average molecular weight is 799 g/mol. The smallest absolute Gasteiger partial charge is 0.261 e. The molecule has 0 radical (unpaired) electrons. The fourth-order valence-corrected chi connectivity index (χ4v) is 9.92. The number of hydrogen-bond donors (Lipinski definition) is 0. The number of amides is 4. The molecular formula is C44H58N6O4S2+2. The third kappa shape index (κ3) is 9.04. The summed E-state index contributed by atoms with van der Waals surface area (Å²) in [6.07, 6.45) is 3.59. The van der Waals surface area contributed by atoms with Crippen molar-refractivity contribution >= 4 is 78.1 Å². The lowest BCUT2D eigenvalue weighted by molar-refractivity contribution is -0.870. The van der Waals surface area contributed by atoms with Crippen molar-refractivity contribution in [3.05, 3.63) is 82.9 Å². The number of imide groups is 2. The van der Waals surface area contributed by atoms with E-state index in [2.05, 4.69) is 66.2 Å². The molecule has 4 aromatic carbocycles. The molecule has 0 atom stereocenters. The van der Waals surface area contributed by atoms with E-state index in [1.165, 1.54) is 9.80 Å². The summed E-state index contributed by atoms with van der Waals surface area (Å²) in [6, 6.07) is 19.3. The van der Waals surface area contributed by atoms with Crippen LogP contribution in [-0.4, -0.2) is 150 Å². The second-order valence-corrected chi connectivity index (χ2v) is 19.9. The number of rotatable bonds is 19.